The molecule has 0 atom stereocenters. The SMILES string of the molecule is C#CCN(C)CCCOc1cccc(Cl)c1Cl. The Balaban J connectivity index is 2.32. The molecule has 0 aliphatic rings. The standard InChI is InChI=1S/C13H15Cl2NO/c1-3-8-16(2)9-5-10-17-12-7-4-6-11(14)13(12)15/h1,4,6-7H,5,8-10H2,2H3. The molecular weight excluding hydrogens is 257 g/mol. The van der Waals surface area contributed by atoms with Gasteiger partial charge in [0.15, 0.2) is 0 Å². The first-order valence-corrected chi connectivity index (χ1v) is 6.09. The van der Waals surface area contributed by atoms with Gasteiger partial charge in [-0.05, 0) is 25.6 Å². The fourth-order valence-corrected chi connectivity index (χ4v) is 1.69. The Morgan fingerprint density at radius 3 is 2.88 bits per heavy atom. The summed E-state index contributed by atoms with van der Waals surface area (Å²) in [6.07, 6.45) is 6.10. The number of hydrogen-bond donors (Lipinski definition) is 0. The number of ether oxygens (including phenoxy) is 1. The summed E-state index contributed by atoms with van der Waals surface area (Å²) in [5.74, 6) is 3.21. The Morgan fingerprint density at radius 1 is 1.41 bits per heavy atom. The van der Waals surface area contributed by atoms with Crippen molar-refractivity contribution >= 4 is 23.2 Å². The average Bonchev–Trinajstić information content (AvgIpc) is 2.30. The second-order valence-electron chi connectivity index (χ2n) is 3.70. The Bertz CT molecular complexity index is 401. The molecule has 0 spiro atoms. The lowest BCUT2D eigenvalue weighted by molar-refractivity contribution is 0.274. The monoisotopic (exact) mass is 271 g/mol. The summed E-state index contributed by atoms with van der Waals surface area (Å²) in [6, 6.07) is 5.35. The van der Waals surface area contributed by atoms with Crippen LogP contribution in [0.25, 0.3) is 0 Å². The van der Waals surface area contributed by atoms with Crippen molar-refractivity contribution in [3.8, 4) is 18.1 Å². The van der Waals surface area contributed by atoms with Crippen LogP contribution in [0.5, 0.6) is 5.75 Å². The Kier molecular flexibility index (Phi) is 6.21. The summed E-state index contributed by atoms with van der Waals surface area (Å²) in [4.78, 5) is 2.06. The van der Waals surface area contributed by atoms with Crippen LogP contribution < -0.4 is 4.74 Å². The minimum Gasteiger partial charge on any atom is -0.492 e. The van der Waals surface area contributed by atoms with Crippen LogP contribution in [0.15, 0.2) is 18.2 Å². The zero-order chi connectivity index (χ0) is 12.7. The van der Waals surface area contributed by atoms with E-state index < -0.39 is 0 Å². The number of terminal acetylenes is 1. The largest absolute Gasteiger partial charge is 0.492 e. The summed E-state index contributed by atoms with van der Waals surface area (Å²) in [5, 5.41) is 0.972. The van der Waals surface area contributed by atoms with E-state index in [-0.39, 0.29) is 0 Å². The fourth-order valence-electron chi connectivity index (χ4n) is 1.35. The predicted octanol–water partition coefficient (Wildman–Crippen LogP) is 3.33. The van der Waals surface area contributed by atoms with E-state index in [4.69, 9.17) is 34.4 Å². The van der Waals surface area contributed by atoms with Crippen LogP contribution in [0.3, 0.4) is 0 Å². The molecule has 0 radical (unpaired) electrons. The summed E-state index contributed by atoms with van der Waals surface area (Å²) in [6.45, 7) is 2.13. The van der Waals surface area contributed by atoms with Crippen LogP contribution in [0.1, 0.15) is 6.42 Å². The van der Waals surface area contributed by atoms with E-state index in [1.807, 2.05) is 13.1 Å². The van der Waals surface area contributed by atoms with E-state index in [1.165, 1.54) is 0 Å². The zero-order valence-electron chi connectivity index (χ0n) is 9.75. The van der Waals surface area contributed by atoms with Gasteiger partial charge in [-0.2, -0.15) is 0 Å². The first-order valence-electron chi connectivity index (χ1n) is 5.34. The molecule has 0 amide bonds. The minimum atomic E-state index is 0.464. The molecule has 1 aromatic carbocycles. The fraction of sp³-hybridized carbons (Fsp3) is 0.385. The molecule has 1 rings (SSSR count). The van der Waals surface area contributed by atoms with Crippen molar-refractivity contribution in [3.63, 3.8) is 0 Å². The molecule has 1 aromatic rings. The van der Waals surface area contributed by atoms with Crippen molar-refractivity contribution in [2.75, 3.05) is 26.7 Å². The van der Waals surface area contributed by atoms with Crippen LogP contribution in [-0.2, 0) is 0 Å². The molecule has 0 unspecified atom stereocenters. The van der Waals surface area contributed by atoms with Gasteiger partial charge in [0.2, 0.25) is 0 Å². The van der Waals surface area contributed by atoms with Gasteiger partial charge >= 0.3 is 0 Å². The Morgan fingerprint density at radius 2 is 2.18 bits per heavy atom. The van der Waals surface area contributed by atoms with Crippen molar-refractivity contribution < 1.29 is 4.74 Å². The maximum atomic E-state index is 5.99. The molecule has 4 heteroatoms. The van der Waals surface area contributed by atoms with Gasteiger partial charge in [-0.1, -0.05) is 35.2 Å². The molecule has 17 heavy (non-hydrogen) atoms. The topological polar surface area (TPSA) is 12.5 Å². The molecule has 0 saturated heterocycles. The molecule has 0 saturated carbocycles. The zero-order valence-corrected chi connectivity index (χ0v) is 11.3. The number of nitrogens with zero attached hydrogens (tertiary/aromatic N) is 1. The second kappa shape index (κ2) is 7.45. The molecule has 0 bridgehead atoms. The lowest BCUT2D eigenvalue weighted by Crippen LogP contribution is -2.21. The summed E-state index contributed by atoms with van der Waals surface area (Å²) >= 11 is 11.9. The second-order valence-corrected chi connectivity index (χ2v) is 4.48. The maximum Gasteiger partial charge on any atom is 0.139 e. The number of rotatable bonds is 6. The van der Waals surface area contributed by atoms with E-state index >= 15 is 0 Å². The van der Waals surface area contributed by atoms with Crippen molar-refractivity contribution in [1.82, 2.24) is 4.90 Å². The maximum absolute atomic E-state index is 5.99. The van der Waals surface area contributed by atoms with E-state index in [0.717, 1.165) is 13.0 Å². The third kappa shape index (κ3) is 4.87. The van der Waals surface area contributed by atoms with Crippen molar-refractivity contribution in [1.29, 1.82) is 0 Å². The van der Waals surface area contributed by atoms with Gasteiger partial charge in [-0.3, -0.25) is 4.90 Å². The number of benzene rings is 1. The Labute approximate surface area is 112 Å². The smallest absolute Gasteiger partial charge is 0.139 e. The van der Waals surface area contributed by atoms with Crippen LogP contribution in [0.2, 0.25) is 10.0 Å². The van der Waals surface area contributed by atoms with Gasteiger partial charge in [0.05, 0.1) is 18.2 Å². The molecule has 0 aliphatic heterocycles. The predicted molar refractivity (Wildman–Crippen MR) is 72.9 cm³/mol. The van der Waals surface area contributed by atoms with Crippen molar-refractivity contribution in [2.24, 2.45) is 0 Å². The van der Waals surface area contributed by atoms with Gasteiger partial charge in [0.25, 0.3) is 0 Å². The van der Waals surface area contributed by atoms with Crippen molar-refractivity contribution in [2.45, 2.75) is 6.42 Å². The molecular formula is C13H15Cl2NO. The van der Waals surface area contributed by atoms with E-state index in [1.54, 1.807) is 12.1 Å². The third-order valence-corrected chi connectivity index (χ3v) is 3.02. The van der Waals surface area contributed by atoms with E-state index in [2.05, 4.69) is 10.8 Å². The summed E-state index contributed by atoms with van der Waals surface area (Å²) in [7, 11) is 1.98. The molecule has 0 aliphatic carbocycles. The molecule has 0 aromatic heterocycles. The highest BCUT2D eigenvalue weighted by molar-refractivity contribution is 6.42. The van der Waals surface area contributed by atoms with Crippen LogP contribution in [-0.4, -0.2) is 31.6 Å². The van der Waals surface area contributed by atoms with Crippen molar-refractivity contribution in [3.05, 3.63) is 28.2 Å². The number of halogens is 2. The normalized spacial score (nSPS) is 10.3. The third-order valence-electron chi connectivity index (χ3n) is 2.22. The van der Waals surface area contributed by atoms with Gasteiger partial charge in [0.1, 0.15) is 10.8 Å². The first kappa shape index (κ1) is 14.2. The first-order chi connectivity index (χ1) is 8.15. The Hall–Kier alpha value is -0.880. The van der Waals surface area contributed by atoms with Gasteiger partial charge in [0, 0.05) is 6.54 Å². The lowest BCUT2D eigenvalue weighted by atomic mass is 10.3. The molecule has 92 valence electrons. The van der Waals surface area contributed by atoms with Crippen LogP contribution in [0, 0.1) is 12.3 Å². The summed E-state index contributed by atoms with van der Waals surface area (Å²) in [5.41, 5.74) is 0. The number of hydrogen-bond acceptors (Lipinski definition) is 2. The van der Waals surface area contributed by atoms with E-state index in [0.29, 0.717) is 28.9 Å². The molecule has 0 fully saturated rings. The average molecular weight is 272 g/mol. The van der Waals surface area contributed by atoms with Crippen LogP contribution >= 0.6 is 23.2 Å². The summed E-state index contributed by atoms with van der Waals surface area (Å²) < 4.78 is 5.55. The minimum absolute atomic E-state index is 0.464. The highest BCUT2D eigenvalue weighted by atomic mass is 35.5. The lowest BCUT2D eigenvalue weighted by Gasteiger charge is -2.13. The van der Waals surface area contributed by atoms with E-state index in [9.17, 15) is 0 Å². The van der Waals surface area contributed by atoms with Gasteiger partial charge in [-0.25, -0.2) is 0 Å². The molecule has 0 N–H and O–H groups in total. The highest BCUT2D eigenvalue weighted by Gasteiger charge is 2.05. The van der Waals surface area contributed by atoms with Crippen LogP contribution in [0.4, 0.5) is 0 Å². The molecule has 0 heterocycles. The van der Waals surface area contributed by atoms with Gasteiger partial charge in [-0.15, -0.1) is 6.42 Å². The highest BCUT2D eigenvalue weighted by Crippen LogP contribution is 2.31. The van der Waals surface area contributed by atoms with Gasteiger partial charge < -0.3 is 4.74 Å². The quantitative estimate of drug-likeness (QED) is 0.581. The molecule has 2 nitrogen and oxygen atoms in total.